The minimum Gasteiger partial charge on any atom is -0.325 e. The molecule has 0 bridgehead atoms. The van der Waals surface area contributed by atoms with Crippen molar-refractivity contribution in [1.82, 2.24) is 29.8 Å². The molecule has 0 atom stereocenters. The summed E-state index contributed by atoms with van der Waals surface area (Å²) >= 11 is 0. The van der Waals surface area contributed by atoms with Gasteiger partial charge < -0.3 is 15.2 Å². The molecule has 1 saturated heterocycles. The Morgan fingerprint density at radius 3 is 2.80 bits per heavy atom. The fraction of sp³-hybridized carbons (Fsp3) is 0.222. The first-order valence-electron chi connectivity index (χ1n) is 11.9. The predicted molar refractivity (Wildman–Crippen MR) is 134 cm³/mol. The van der Waals surface area contributed by atoms with Crippen LogP contribution in [-0.4, -0.2) is 43.5 Å². The monoisotopic (exact) mass is 461 g/mol. The Kier molecular flexibility index (Phi) is 4.44. The summed E-state index contributed by atoms with van der Waals surface area (Å²) in [5.41, 5.74) is 6.07. The average molecular weight is 462 g/mol. The number of benzene rings is 2. The lowest BCUT2D eigenvalue weighted by Crippen LogP contribution is -2.44. The number of carbonyl (C=O) groups excluding carboxylic acids is 1. The second-order valence-electron chi connectivity index (χ2n) is 9.35. The minimum absolute atomic E-state index is 0.103. The van der Waals surface area contributed by atoms with Gasteiger partial charge in [-0.3, -0.25) is 9.78 Å². The minimum atomic E-state index is -0.419. The fourth-order valence-corrected chi connectivity index (χ4v) is 5.45. The summed E-state index contributed by atoms with van der Waals surface area (Å²) in [6.07, 6.45) is 7.01. The lowest BCUT2D eigenvalue weighted by molar-refractivity contribution is -0.121. The number of amides is 1. The number of piperidine rings is 1. The Bertz CT molecular complexity index is 1620. The molecule has 8 nitrogen and oxygen atoms in total. The van der Waals surface area contributed by atoms with Gasteiger partial charge in [0.1, 0.15) is 5.52 Å². The molecule has 2 aliphatic heterocycles. The first-order chi connectivity index (χ1) is 17.2. The Balaban J connectivity index is 1.24. The van der Waals surface area contributed by atoms with Crippen molar-refractivity contribution in [3.63, 3.8) is 0 Å². The number of rotatable bonds is 3. The number of carbonyl (C=O) groups is 1. The normalized spacial score (nSPS) is 16.6. The number of imidazole rings is 1. The van der Waals surface area contributed by atoms with Gasteiger partial charge in [-0.15, -0.1) is 0 Å². The fourth-order valence-electron chi connectivity index (χ4n) is 5.45. The molecule has 2 N–H and O–H groups in total. The zero-order valence-corrected chi connectivity index (χ0v) is 19.0. The van der Waals surface area contributed by atoms with E-state index >= 15 is 0 Å². The number of hydrogen-bond donors (Lipinski definition) is 2. The van der Waals surface area contributed by atoms with Gasteiger partial charge in [0.25, 0.3) is 0 Å². The molecule has 2 aliphatic rings. The molecular formula is C27H23N7O. The zero-order valence-electron chi connectivity index (χ0n) is 19.0. The van der Waals surface area contributed by atoms with Crippen LogP contribution in [-0.2, 0) is 16.8 Å². The maximum absolute atomic E-state index is 12.9. The molecule has 8 heteroatoms. The molecule has 7 rings (SSSR count). The third-order valence-corrected chi connectivity index (χ3v) is 7.31. The highest BCUT2D eigenvalue weighted by Crippen LogP contribution is 2.44. The highest BCUT2D eigenvalue weighted by molar-refractivity contribution is 6.07. The van der Waals surface area contributed by atoms with Crippen molar-refractivity contribution in [3.8, 4) is 11.4 Å². The van der Waals surface area contributed by atoms with Crippen LogP contribution in [0.3, 0.4) is 0 Å². The predicted octanol–water partition coefficient (Wildman–Crippen LogP) is 3.66. The number of aromatic nitrogens is 5. The van der Waals surface area contributed by atoms with E-state index in [2.05, 4.69) is 49.9 Å². The molecule has 0 aliphatic carbocycles. The maximum Gasteiger partial charge on any atom is 0.235 e. The van der Waals surface area contributed by atoms with Crippen LogP contribution in [0.2, 0.25) is 0 Å². The molecular weight excluding hydrogens is 438 g/mol. The van der Waals surface area contributed by atoms with Crippen LogP contribution >= 0.6 is 0 Å². The number of pyridine rings is 1. The van der Waals surface area contributed by atoms with E-state index in [4.69, 9.17) is 4.98 Å². The summed E-state index contributed by atoms with van der Waals surface area (Å²) in [4.78, 5) is 31.2. The van der Waals surface area contributed by atoms with E-state index < -0.39 is 5.41 Å². The summed E-state index contributed by atoms with van der Waals surface area (Å²) in [6, 6.07) is 16.4. The molecule has 3 aromatic heterocycles. The summed E-state index contributed by atoms with van der Waals surface area (Å²) in [6.45, 7) is 2.35. The van der Waals surface area contributed by atoms with Crippen LogP contribution in [0.1, 0.15) is 24.0 Å². The summed E-state index contributed by atoms with van der Waals surface area (Å²) < 4.78 is 2.04. The largest absolute Gasteiger partial charge is 0.325 e. The van der Waals surface area contributed by atoms with Crippen molar-refractivity contribution >= 4 is 33.7 Å². The van der Waals surface area contributed by atoms with E-state index in [1.54, 1.807) is 18.7 Å². The maximum atomic E-state index is 12.9. The van der Waals surface area contributed by atoms with Crippen LogP contribution in [0, 0.1) is 0 Å². The van der Waals surface area contributed by atoms with E-state index in [-0.39, 0.29) is 5.91 Å². The Hall–Kier alpha value is -4.17. The molecule has 1 spiro atoms. The molecule has 2 aromatic carbocycles. The first-order valence-corrected chi connectivity index (χ1v) is 11.9. The molecule has 0 radical (unpaired) electrons. The van der Waals surface area contributed by atoms with Gasteiger partial charge in [0.15, 0.2) is 11.5 Å². The first kappa shape index (κ1) is 20.2. The van der Waals surface area contributed by atoms with Gasteiger partial charge in [-0.1, -0.05) is 24.3 Å². The van der Waals surface area contributed by atoms with Crippen LogP contribution in [0.5, 0.6) is 0 Å². The molecule has 0 unspecified atom stereocenters. The quantitative estimate of drug-likeness (QED) is 0.426. The van der Waals surface area contributed by atoms with E-state index in [9.17, 15) is 4.79 Å². The van der Waals surface area contributed by atoms with Gasteiger partial charge >= 0.3 is 0 Å². The van der Waals surface area contributed by atoms with E-state index in [1.807, 2.05) is 28.8 Å². The van der Waals surface area contributed by atoms with Gasteiger partial charge in [0.2, 0.25) is 5.91 Å². The van der Waals surface area contributed by atoms with E-state index in [1.165, 1.54) is 0 Å². The molecule has 1 fully saturated rings. The van der Waals surface area contributed by atoms with Crippen molar-refractivity contribution in [2.75, 3.05) is 18.4 Å². The summed E-state index contributed by atoms with van der Waals surface area (Å²) in [5.74, 6) is 0.719. The van der Waals surface area contributed by atoms with Crippen LogP contribution < -0.4 is 10.6 Å². The molecule has 35 heavy (non-hydrogen) atoms. The lowest BCUT2D eigenvalue weighted by Gasteiger charge is -2.31. The highest BCUT2D eigenvalue weighted by atomic mass is 16.2. The second kappa shape index (κ2) is 7.68. The van der Waals surface area contributed by atoms with Crippen molar-refractivity contribution < 1.29 is 4.79 Å². The van der Waals surface area contributed by atoms with Crippen LogP contribution in [0.4, 0.5) is 5.69 Å². The van der Waals surface area contributed by atoms with Gasteiger partial charge in [0.05, 0.1) is 30.0 Å². The van der Waals surface area contributed by atoms with Crippen LogP contribution in [0.15, 0.2) is 67.3 Å². The van der Waals surface area contributed by atoms with Gasteiger partial charge in [0, 0.05) is 22.8 Å². The molecule has 172 valence electrons. The third-order valence-electron chi connectivity index (χ3n) is 7.31. The average Bonchev–Trinajstić information content (AvgIpc) is 3.42. The molecule has 0 saturated carbocycles. The molecule has 1 amide bonds. The number of fused-ring (bicyclic) bond motifs is 4. The summed E-state index contributed by atoms with van der Waals surface area (Å²) in [7, 11) is 0. The van der Waals surface area contributed by atoms with Crippen molar-refractivity contribution in [1.29, 1.82) is 0 Å². The number of anilines is 1. The highest BCUT2D eigenvalue weighted by Gasteiger charge is 2.47. The van der Waals surface area contributed by atoms with Crippen molar-refractivity contribution in [2.24, 2.45) is 0 Å². The number of nitrogens with zero attached hydrogens (tertiary/aromatic N) is 5. The Morgan fingerprint density at radius 2 is 1.89 bits per heavy atom. The van der Waals surface area contributed by atoms with Gasteiger partial charge in [-0.05, 0) is 61.3 Å². The SMILES string of the molecule is O=C1Nc2cc(-c3ncc4ncn(Cc5ccc6ncccc6c5)c4n3)ccc2C12CCNCC2. The topological polar surface area (TPSA) is 97.6 Å². The second-order valence-corrected chi connectivity index (χ2v) is 9.35. The van der Waals surface area contributed by atoms with Gasteiger partial charge in [-0.2, -0.15) is 0 Å². The Morgan fingerprint density at radius 1 is 0.971 bits per heavy atom. The van der Waals surface area contributed by atoms with E-state index in [0.717, 1.165) is 70.4 Å². The zero-order chi connectivity index (χ0) is 23.4. The number of nitrogens with one attached hydrogen (secondary N) is 2. The van der Waals surface area contributed by atoms with Gasteiger partial charge in [-0.25, -0.2) is 15.0 Å². The molecule has 5 heterocycles. The Labute approximate surface area is 201 Å². The van der Waals surface area contributed by atoms with Crippen molar-refractivity contribution in [3.05, 3.63) is 78.4 Å². The van der Waals surface area contributed by atoms with Crippen molar-refractivity contribution in [2.45, 2.75) is 24.8 Å². The smallest absolute Gasteiger partial charge is 0.235 e. The summed E-state index contributed by atoms with van der Waals surface area (Å²) in [5, 5.41) is 7.58. The lowest BCUT2D eigenvalue weighted by atomic mass is 9.74. The van der Waals surface area contributed by atoms with E-state index in [0.29, 0.717) is 12.4 Å². The standard InChI is InChI=1S/C27H23N7O/c35-26-27(7-10-28-11-8-27)20-5-4-19(13-22(20)32-26)24-30-14-23-25(33-24)34(16-31-23)15-17-3-6-21-18(12-17)2-1-9-29-21/h1-6,9,12-14,16,28H,7-8,10-11,15H2,(H,32,35). The third kappa shape index (κ3) is 3.21. The molecule has 5 aromatic rings. The number of hydrogen-bond acceptors (Lipinski definition) is 6. The van der Waals surface area contributed by atoms with Crippen LogP contribution in [0.25, 0.3) is 33.5 Å².